The molecule has 1 fully saturated rings. The third-order valence-electron chi connectivity index (χ3n) is 7.43. The first-order valence-corrected chi connectivity index (χ1v) is 13.4. The van der Waals surface area contributed by atoms with Gasteiger partial charge in [0.1, 0.15) is 18.4 Å². The van der Waals surface area contributed by atoms with Gasteiger partial charge in [0.2, 0.25) is 5.91 Å². The van der Waals surface area contributed by atoms with Gasteiger partial charge in [0.05, 0.1) is 12.5 Å². The molecule has 2 aromatic carbocycles. The Morgan fingerprint density at radius 3 is 2.34 bits per heavy atom. The van der Waals surface area contributed by atoms with Crippen LogP contribution in [0.25, 0.3) is 11.1 Å². The smallest absolute Gasteiger partial charge is 0.306 e. The highest BCUT2D eigenvalue weighted by Crippen LogP contribution is 2.44. The number of nitrogens with one attached hydrogen (secondary N) is 1. The van der Waals surface area contributed by atoms with Gasteiger partial charge in [-0.1, -0.05) is 75.7 Å². The normalized spacial score (nSPS) is 20.7. The van der Waals surface area contributed by atoms with Gasteiger partial charge in [0.25, 0.3) is 0 Å². The number of amides is 1. The van der Waals surface area contributed by atoms with Gasteiger partial charge in [0, 0.05) is 26.9 Å². The average molecular weight is 517 g/mol. The van der Waals surface area contributed by atoms with Crippen LogP contribution >= 0.6 is 0 Å². The molecule has 1 N–H and O–H groups in total. The summed E-state index contributed by atoms with van der Waals surface area (Å²) in [5.41, 5.74) is 4.25. The van der Waals surface area contributed by atoms with Crippen LogP contribution in [0.4, 0.5) is 0 Å². The van der Waals surface area contributed by atoms with E-state index in [1.807, 2.05) is 45.0 Å². The second kappa shape index (κ2) is 11.9. The van der Waals surface area contributed by atoms with Crippen LogP contribution in [0.2, 0.25) is 0 Å². The Morgan fingerprint density at radius 2 is 1.76 bits per heavy atom. The number of Topliss-reactive ketones (excluding diaryl/α,β-unsaturated/α-hetero) is 1. The van der Waals surface area contributed by atoms with Gasteiger partial charge < -0.3 is 10.1 Å². The Kier molecular flexibility index (Phi) is 7.81. The molecule has 0 aromatic heterocycles. The Balaban J connectivity index is 1.39. The molecule has 6 heteroatoms. The molecule has 0 radical (unpaired) electrons. The number of rotatable bonds is 9. The lowest BCUT2D eigenvalue weighted by Gasteiger charge is -2.27. The van der Waals surface area contributed by atoms with Crippen LogP contribution in [0.3, 0.4) is 0 Å². The highest BCUT2D eigenvalue weighted by molar-refractivity contribution is 5.85. The number of nitriles is 1. The third kappa shape index (κ3) is 6.69. The summed E-state index contributed by atoms with van der Waals surface area (Å²) < 4.78 is 21.4. The molecule has 0 aliphatic heterocycles. The van der Waals surface area contributed by atoms with Crippen molar-refractivity contribution >= 4 is 17.7 Å². The quantitative estimate of drug-likeness (QED) is 0.416. The first-order chi connectivity index (χ1) is 18.9. The van der Waals surface area contributed by atoms with Crippen molar-refractivity contribution in [3.8, 4) is 17.2 Å². The van der Waals surface area contributed by atoms with Crippen molar-refractivity contribution in [1.29, 1.82) is 5.26 Å². The number of hydrogen-bond acceptors (Lipinski definition) is 5. The lowest BCUT2D eigenvalue weighted by atomic mass is 9.82. The monoisotopic (exact) mass is 516 g/mol. The number of hydrogen-bond donors (Lipinski definition) is 1. The summed E-state index contributed by atoms with van der Waals surface area (Å²) in [7, 11) is 0. The van der Waals surface area contributed by atoms with E-state index in [2.05, 4.69) is 35.7 Å². The number of carbonyl (C=O) groups excluding carboxylic acids is 3. The van der Waals surface area contributed by atoms with Crippen LogP contribution in [0.15, 0.2) is 48.5 Å². The molecule has 0 heterocycles. The molecule has 2 aliphatic rings. The largest absolute Gasteiger partial charge is 0.465 e. The standard InChI is InChI=1S/C32H38N2O4/c1-32(2,3)18-22(31(37)34-23(19-33)16-21-10-4-9-15-29(21)35)17-30(36)38-20-28-26-13-7-5-11-24(26)25-12-6-8-14-27(25)28/h5-8,11-14,21-23,28H,4,9-10,15-18,20H2,1-3H3,(H,34,37)/t21-,22-,23-/m0/s1/i9D2. The topological polar surface area (TPSA) is 96.3 Å². The van der Waals surface area contributed by atoms with Crippen molar-refractivity contribution in [3.63, 3.8) is 0 Å². The number of fused-ring (bicyclic) bond motifs is 3. The van der Waals surface area contributed by atoms with E-state index in [0.29, 0.717) is 12.8 Å². The van der Waals surface area contributed by atoms with E-state index < -0.39 is 36.1 Å². The second-order valence-corrected chi connectivity index (χ2v) is 11.6. The van der Waals surface area contributed by atoms with Gasteiger partial charge in [-0.15, -0.1) is 0 Å². The minimum atomic E-state index is -1.51. The molecule has 6 nitrogen and oxygen atoms in total. The molecule has 0 spiro atoms. The first kappa shape index (κ1) is 24.9. The molecule has 200 valence electrons. The molecule has 3 atom stereocenters. The Morgan fingerprint density at radius 1 is 1.13 bits per heavy atom. The summed E-state index contributed by atoms with van der Waals surface area (Å²) >= 11 is 0. The highest BCUT2D eigenvalue weighted by atomic mass is 16.5. The van der Waals surface area contributed by atoms with E-state index in [-0.39, 0.29) is 49.4 Å². The van der Waals surface area contributed by atoms with Crippen LogP contribution in [0.5, 0.6) is 0 Å². The van der Waals surface area contributed by atoms with Crippen molar-refractivity contribution in [2.45, 2.75) is 77.6 Å². The maximum atomic E-state index is 13.3. The van der Waals surface area contributed by atoms with Crippen molar-refractivity contribution in [1.82, 2.24) is 5.32 Å². The van der Waals surface area contributed by atoms with Gasteiger partial charge in [-0.25, -0.2) is 0 Å². The number of ether oxygens (including phenoxy) is 1. The molecule has 0 saturated heterocycles. The van der Waals surface area contributed by atoms with E-state index in [1.54, 1.807) is 0 Å². The fraction of sp³-hybridized carbons (Fsp3) is 0.500. The fourth-order valence-electron chi connectivity index (χ4n) is 5.63. The molecular weight excluding hydrogens is 476 g/mol. The highest BCUT2D eigenvalue weighted by Gasteiger charge is 2.33. The zero-order chi connectivity index (χ0) is 29.1. The summed E-state index contributed by atoms with van der Waals surface area (Å²) in [4.78, 5) is 38.8. The zero-order valence-electron chi connectivity index (χ0n) is 24.5. The molecule has 38 heavy (non-hydrogen) atoms. The molecule has 0 unspecified atom stereocenters. The Hall–Kier alpha value is -3.46. The Bertz CT molecular complexity index is 1260. The van der Waals surface area contributed by atoms with Crippen molar-refractivity contribution in [2.24, 2.45) is 17.3 Å². The molecule has 1 saturated carbocycles. The van der Waals surface area contributed by atoms with Gasteiger partial charge in [-0.05, 0) is 53.3 Å². The third-order valence-corrected chi connectivity index (χ3v) is 7.43. The van der Waals surface area contributed by atoms with Crippen LogP contribution in [0.1, 0.15) is 85.5 Å². The molecule has 4 rings (SSSR count). The maximum absolute atomic E-state index is 13.3. The van der Waals surface area contributed by atoms with Gasteiger partial charge >= 0.3 is 5.97 Å². The zero-order valence-corrected chi connectivity index (χ0v) is 22.5. The second-order valence-electron chi connectivity index (χ2n) is 11.6. The number of carbonyl (C=O) groups is 3. The lowest BCUT2D eigenvalue weighted by molar-refractivity contribution is -0.147. The lowest BCUT2D eigenvalue weighted by Crippen LogP contribution is -2.42. The van der Waals surface area contributed by atoms with E-state index >= 15 is 0 Å². The average Bonchev–Trinajstić information content (AvgIpc) is 3.20. The van der Waals surface area contributed by atoms with Crippen molar-refractivity contribution in [2.75, 3.05) is 6.61 Å². The maximum Gasteiger partial charge on any atom is 0.306 e. The summed E-state index contributed by atoms with van der Waals surface area (Å²) in [6.45, 7) is 6.14. The molecule has 2 aliphatic carbocycles. The van der Waals surface area contributed by atoms with Crippen molar-refractivity contribution in [3.05, 3.63) is 59.7 Å². The van der Waals surface area contributed by atoms with E-state index in [0.717, 1.165) is 22.3 Å². The number of nitrogens with zero attached hydrogens (tertiary/aromatic N) is 1. The van der Waals surface area contributed by atoms with Crippen LogP contribution in [-0.2, 0) is 19.1 Å². The number of esters is 1. The van der Waals surface area contributed by atoms with Crippen molar-refractivity contribution < 1.29 is 21.9 Å². The predicted octanol–water partition coefficient (Wildman–Crippen LogP) is 5.94. The van der Waals surface area contributed by atoms with E-state index in [9.17, 15) is 19.6 Å². The van der Waals surface area contributed by atoms with Crippen LogP contribution in [-0.4, -0.2) is 30.3 Å². The summed E-state index contributed by atoms with van der Waals surface area (Å²) in [5.74, 6) is -2.32. The summed E-state index contributed by atoms with van der Waals surface area (Å²) in [5, 5.41) is 12.5. The molecule has 2 aromatic rings. The SMILES string of the molecule is [2H]C1([2H])CC[C@@H](C[C@@H](C#N)NC(=O)[C@@H](CC(=O)OCC2c3ccccc3-c3ccccc32)CC(C)(C)C)C(=O)C1. The van der Waals surface area contributed by atoms with E-state index in [4.69, 9.17) is 7.48 Å². The summed E-state index contributed by atoms with van der Waals surface area (Å²) in [6, 6.07) is 17.4. The van der Waals surface area contributed by atoms with Gasteiger partial charge in [-0.2, -0.15) is 5.26 Å². The predicted molar refractivity (Wildman–Crippen MR) is 146 cm³/mol. The first-order valence-electron chi connectivity index (χ1n) is 14.4. The Labute approximate surface area is 228 Å². The van der Waals surface area contributed by atoms with Gasteiger partial charge in [-0.3, -0.25) is 14.4 Å². The number of ketones is 1. The minimum Gasteiger partial charge on any atom is -0.465 e. The molecule has 1 amide bonds. The van der Waals surface area contributed by atoms with Gasteiger partial charge in [0.15, 0.2) is 0 Å². The van der Waals surface area contributed by atoms with Crippen LogP contribution in [0, 0.1) is 28.6 Å². The molecule has 0 bridgehead atoms. The summed E-state index contributed by atoms with van der Waals surface area (Å²) in [6.07, 6.45) is -0.624. The minimum absolute atomic E-state index is 0.0755. The number of benzene rings is 2. The molecular formula is C32H38N2O4. The fourth-order valence-corrected chi connectivity index (χ4v) is 5.63. The van der Waals surface area contributed by atoms with E-state index in [1.165, 1.54) is 0 Å². The van der Waals surface area contributed by atoms with Crippen LogP contribution < -0.4 is 5.32 Å².